The lowest BCUT2D eigenvalue weighted by atomic mass is 9.99. The number of carbonyl (C=O) groups excluding carboxylic acids is 2. The molecule has 0 bridgehead atoms. The van der Waals surface area contributed by atoms with Gasteiger partial charge in [0.2, 0.25) is 5.91 Å². The number of urea groups is 1. The summed E-state index contributed by atoms with van der Waals surface area (Å²) in [7, 11) is 0.148. The van der Waals surface area contributed by atoms with Crippen molar-refractivity contribution >= 4 is 56.7 Å². The van der Waals surface area contributed by atoms with Gasteiger partial charge in [0.1, 0.15) is 18.0 Å². The predicted octanol–water partition coefficient (Wildman–Crippen LogP) is 6.70. The minimum atomic E-state index is -4.89. The first-order valence-electron chi connectivity index (χ1n) is 13.8. The minimum Gasteiger partial charge on any atom is -0.375 e. The van der Waals surface area contributed by atoms with Gasteiger partial charge in [0.15, 0.2) is 21.8 Å². The Morgan fingerprint density at radius 3 is 2.38 bits per heavy atom. The zero-order valence-electron chi connectivity index (χ0n) is 25.2. The van der Waals surface area contributed by atoms with E-state index in [0.717, 1.165) is 30.0 Å². The van der Waals surface area contributed by atoms with Crippen LogP contribution in [0.5, 0.6) is 0 Å². The molecule has 1 atom stereocenters. The van der Waals surface area contributed by atoms with Crippen molar-refractivity contribution in [3.8, 4) is 17.1 Å². The van der Waals surface area contributed by atoms with Crippen molar-refractivity contribution in [3.63, 3.8) is 0 Å². The molecule has 1 unspecified atom stereocenters. The van der Waals surface area contributed by atoms with E-state index in [1.165, 1.54) is 52.3 Å². The molecule has 0 aliphatic carbocycles. The molecule has 47 heavy (non-hydrogen) atoms. The number of amidine groups is 1. The van der Waals surface area contributed by atoms with E-state index < -0.39 is 38.9 Å². The number of nitrogens with zero attached hydrogens (tertiary/aromatic N) is 6. The van der Waals surface area contributed by atoms with Crippen LogP contribution >= 0.6 is 11.8 Å². The number of thioether (sulfide) groups is 1. The van der Waals surface area contributed by atoms with Gasteiger partial charge < -0.3 is 10.2 Å². The SMILES string of the molecule is CC(C)c1cc(F)c(N(C)C)cc1N1C(=O)CS/C1=N\C(=O)Nc1ccc(-c2ncn(-c3ccc(S(=O)C(F)(F)F)cc3)n2)cc1F. The van der Waals surface area contributed by atoms with E-state index in [9.17, 15) is 31.4 Å². The molecule has 1 aromatic heterocycles. The summed E-state index contributed by atoms with van der Waals surface area (Å²) in [5.74, 6) is -1.73. The lowest BCUT2D eigenvalue weighted by Crippen LogP contribution is -2.31. The minimum absolute atomic E-state index is 0.00175. The summed E-state index contributed by atoms with van der Waals surface area (Å²) in [6, 6.07) is 10.4. The molecule has 0 spiro atoms. The number of rotatable bonds is 7. The van der Waals surface area contributed by atoms with Gasteiger partial charge in [0.25, 0.3) is 0 Å². The first-order chi connectivity index (χ1) is 22.1. The zero-order valence-corrected chi connectivity index (χ0v) is 26.8. The molecular weight excluding hydrogens is 666 g/mol. The molecule has 3 aromatic carbocycles. The molecule has 1 fully saturated rings. The van der Waals surface area contributed by atoms with Crippen LogP contribution in [0.3, 0.4) is 0 Å². The second-order valence-electron chi connectivity index (χ2n) is 10.7. The van der Waals surface area contributed by atoms with Crippen LogP contribution in [0.2, 0.25) is 0 Å². The molecule has 246 valence electrons. The Kier molecular flexibility index (Phi) is 9.49. The van der Waals surface area contributed by atoms with E-state index in [-0.39, 0.29) is 45.5 Å². The van der Waals surface area contributed by atoms with Gasteiger partial charge in [-0.3, -0.25) is 9.69 Å². The van der Waals surface area contributed by atoms with Gasteiger partial charge in [-0.2, -0.15) is 18.2 Å². The van der Waals surface area contributed by atoms with Crippen molar-refractivity contribution in [1.29, 1.82) is 0 Å². The van der Waals surface area contributed by atoms with Crippen LogP contribution in [0.4, 0.5) is 43.8 Å². The first kappa shape index (κ1) is 33.7. The number of benzene rings is 3. The molecule has 0 saturated carbocycles. The van der Waals surface area contributed by atoms with E-state index in [1.807, 2.05) is 13.8 Å². The van der Waals surface area contributed by atoms with Crippen LogP contribution in [0.15, 0.2) is 70.8 Å². The van der Waals surface area contributed by atoms with Crippen molar-refractivity contribution in [2.24, 2.45) is 4.99 Å². The number of aromatic nitrogens is 3. The number of hydrogen-bond acceptors (Lipinski definition) is 7. The third kappa shape index (κ3) is 7.20. The summed E-state index contributed by atoms with van der Waals surface area (Å²) in [6.45, 7) is 3.70. The van der Waals surface area contributed by atoms with E-state index in [2.05, 4.69) is 20.4 Å². The van der Waals surface area contributed by atoms with Crippen molar-refractivity contribution in [2.45, 2.75) is 30.2 Å². The fourth-order valence-electron chi connectivity index (χ4n) is 4.61. The monoisotopic (exact) mass is 691 g/mol. The summed E-state index contributed by atoms with van der Waals surface area (Å²) in [5.41, 5.74) is -3.36. The van der Waals surface area contributed by atoms with E-state index in [1.54, 1.807) is 19.0 Å². The molecule has 1 aliphatic rings. The number of anilines is 3. The molecule has 1 N–H and O–H groups in total. The quantitative estimate of drug-likeness (QED) is 0.215. The van der Waals surface area contributed by atoms with Gasteiger partial charge >= 0.3 is 11.5 Å². The van der Waals surface area contributed by atoms with Gasteiger partial charge in [0, 0.05) is 24.6 Å². The second kappa shape index (κ2) is 13.2. The average molecular weight is 692 g/mol. The lowest BCUT2D eigenvalue weighted by molar-refractivity contribution is -0.115. The molecule has 17 heteroatoms. The Morgan fingerprint density at radius 2 is 1.77 bits per heavy atom. The van der Waals surface area contributed by atoms with Crippen molar-refractivity contribution in [1.82, 2.24) is 14.8 Å². The molecule has 10 nitrogen and oxygen atoms in total. The highest BCUT2D eigenvalue weighted by atomic mass is 32.2. The summed E-state index contributed by atoms with van der Waals surface area (Å²) in [6.07, 6.45) is 1.27. The molecule has 4 aromatic rings. The fourth-order valence-corrected chi connectivity index (χ4v) is 6.12. The van der Waals surface area contributed by atoms with Crippen molar-refractivity contribution in [2.75, 3.05) is 35.0 Å². The zero-order chi connectivity index (χ0) is 34.2. The normalized spacial score (nSPS) is 15.1. The molecule has 0 radical (unpaired) electrons. The van der Waals surface area contributed by atoms with Crippen LogP contribution in [-0.2, 0) is 15.6 Å². The van der Waals surface area contributed by atoms with Crippen LogP contribution in [0.25, 0.3) is 17.1 Å². The molecular formula is C30H26F5N7O3S2. The maximum Gasteiger partial charge on any atom is 0.475 e. The van der Waals surface area contributed by atoms with Gasteiger partial charge in [-0.15, -0.1) is 5.10 Å². The topological polar surface area (TPSA) is 113 Å². The van der Waals surface area contributed by atoms with Gasteiger partial charge in [-0.1, -0.05) is 25.6 Å². The van der Waals surface area contributed by atoms with Crippen LogP contribution in [-0.4, -0.2) is 61.4 Å². The number of nitrogens with one attached hydrogen (secondary N) is 1. The number of alkyl halides is 3. The third-order valence-electron chi connectivity index (χ3n) is 6.89. The molecule has 1 aliphatic heterocycles. The molecule has 1 saturated heterocycles. The highest BCUT2D eigenvalue weighted by molar-refractivity contribution is 8.15. The summed E-state index contributed by atoms with van der Waals surface area (Å²) in [4.78, 5) is 36.3. The standard InChI is InChI=1S/C30H26F5N7O3S2/c1-16(2)20-12-22(32)25(40(3)4)13-24(20)42-26(43)14-46-29(42)38-28(44)37-23-10-5-17(11-21(23)31)27-36-15-41(39-27)18-6-8-19(9-7-18)47(45)30(33,34)35/h5-13,15-16H,14H2,1-4H3,(H,37,44)/b38-29-. The largest absolute Gasteiger partial charge is 0.475 e. The van der Waals surface area contributed by atoms with Crippen molar-refractivity contribution < 1.29 is 35.8 Å². The smallest absolute Gasteiger partial charge is 0.375 e. The van der Waals surface area contributed by atoms with E-state index in [4.69, 9.17) is 0 Å². The number of hydrogen-bond donors (Lipinski definition) is 1. The van der Waals surface area contributed by atoms with Gasteiger partial charge in [0.05, 0.1) is 28.5 Å². The fraction of sp³-hybridized carbons (Fsp3) is 0.233. The molecule has 2 heterocycles. The summed E-state index contributed by atoms with van der Waals surface area (Å²) < 4.78 is 80.8. The van der Waals surface area contributed by atoms with Crippen LogP contribution in [0, 0.1) is 11.6 Å². The predicted molar refractivity (Wildman–Crippen MR) is 170 cm³/mol. The summed E-state index contributed by atoms with van der Waals surface area (Å²) >= 11 is 1.02. The van der Waals surface area contributed by atoms with E-state index >= 15 is 4.39 Å². The third-order valence-corrected chi connectivity index (χ3v) is 8.93. The highest BCUT2D eigenvalue weighted by Crippen LogP contribution is 2.37. The van der Waals surface area contributed by atoms with E-state index in [0.29, 0.717) is 16.9 Å². The Balaban J connectivity index is 1.34. The molecule has 5 rings (SSSR count). The van der Waals surface area contributed by atoms with Crippen molar-refractivity contribution in [3.05, 3.63) is 78.1 Å². The number of carbonyl (C=O) groups is 2. The Morgan fingerprint density at radius 1 is 1.06 bits per heavy atom. The van der Waals surface area contributed by atoms with Crippen LogP contribution < -0.4 is 15.1 Å². The summed E-state index contributed by atoms with van der Waals surface area (Å²) in [5, 5.41) is 6.64. The Bertz CT molecular complexity index is 1910. The number of aliphatic imine (C=N–C) groups is 1. The maximum absolute atomic E-state index is 15.1. The first-order valence-corrected chi connectivity index (χ1v) is 15.9. The second-order valence-corrected chi connectivity index (χ2v) is 13.1. The van der Waals surface area contributed by atoms with Crippen LogP contribution in [0.1, 0.15) is 25.3 Å². The van der Waals surface area contributed by atoms with Gasteiger partial charge in [-0.05, 0) is 66.1 Å². The Labute approximate surface area is 272 Å². The number of amides is 3. The number of halogens is 5. The lowest BCUT2D eigenvalue weighted by Gasteiger charge is -2.24. The maximum atomic E-state index is 15.1. The average Bonchev–Trinajstić information content (AvgIpc) is 3.64. The Hall–Kier alpha value is -4.64. The molecule has 3 amide bonds. The highest BCUT2D eigenvalue weighted by Gasteiger charge is 2.38. The van der Waals surface area contributed by atoms with Gasteiger partial charge in [-0.25, -0.2) is 27.5 Å².